The first kappa shape index (κ1) is 12.6. The Balaban J connectivity index is 1.64. The van der Waals surface area contributed by atoms with E-state index >= 15 is 0 Å². The van der Waals surface area contributed by atoms with Gasteiger partial charge in [-0.2, -0.15) is 5.10 Å². The molecule has 0 aromatic carbocycles. The number of carbonyl (C=O) groups excluding carboxylic acids is 1. The quantitative estimate of drug-likeness (QED) is 0.725. The van der Waals surface area contributed by atoms with Crippen LogP contribution in [0, 0.1) is 6.92 Å². The number of aromatic amines is 3. The van der Waals surface area contributed by atoms with Crippen molar-refractivity contribution in [2.75, 3.05) is 13.1 Å². The largest absolute Gasteiger partial charge is 0.337 e. The average molecular weight is 276 g/mol. The lowest BCUT2D eigenvalue weighted by Crippen LogP contribution is -2.38. The predicted octanol–water partition coefficient (Wildman–Crippen LogP) is 0.149. The van der Waals surface area contributed by atoms with Crippen molar-refractivity contribution in [1.82, 2.24) is 30.0 Å². The molecule has 0 radical (unpaired) electrons. The minimum Gasteiger partial charge on any atom is -0.337 e. The van der Waals surface area contributed by atoms with Crippen molar-refractivity contribution in [3.05, 3.63) is 34.0 Å². The first-order valence-corrected chi connectivity index (χ1v) is 6.59. The van der Waals surface area contributed by atoms with Gasteiger partial charge in [-0.3, -0.25) is 9.89 Å². The normalized spacial score (nSPS) is 16.6. The van der Waals surface area contributed by atoms with Crippen molar-refractivity contribution in [1.29, 1.82) is 0 Å². The third-order valence-corrected chi connectivity index (χ3v) is 3.59. The van der Waals surface area contributed by atoms with Gasteiger partial charge in [-0.1, -0.05) is 0 Å². The Morgan fingerprint density at radius 1 is 1.40 bits per heavy atom. The fourth-order valence-electron chi connectivity index (χ4n) is 2.50. The lowest BCUT2D eigenvalue weighted by molar-refractivity contribution is 0.0705. The molecule has 106 valence electrons. The summed E-state index contributed by atoms with van der Waals surface area (Å²) in [5.74, 6) is 1.77. The van der Waals surface area contributed by atoms with E-state index in [1.807, 2.05) is 6.92 Å². The van der Waals surface area contributed by atoms with Crippen LogP contribution < -0.4 is 5.69 Å². The number of likely N-dealkylation sites (tertiary alicyclic amines) is 1. The molecule has 3 heterocycles. The zero-order chi connectivity index (χ0) is 14.1. The number of aromatic nitrogens is 5. The lowest BCUT2D eigenvalue weighted by Gasteiger charge is -2.30. The van der Waals surface area contributed by atoms with E-state index in [-0.39, 0.29) is 17.5 Å². The Kier molecular flexibility index (Phi) is 3.13. The maximum absolute atomic E-state index is 12.2. The van der Waals surface area contributed by atoms with Crippen LogP contribution in [0.5, 0.6) is 0 Å². The van der Waals surface area contributed by atoms with Crippen LogP contribution in [0.2, 0.25) is 0 Å². The Morgan fingerprint density at radius 3 is 2.70 bits per heavy atom. The molecule has 1 aliphatic rings. The molecule has 0 spiro atoms. The highest BCUT2D eigenvalue weighted by molar-refractivity contribution is 5.92. The summed E-state index contributed by atoms with van der Waals surface area (Å²) in [4.78, 5) is 34.2. The number of hydrogen-bond donors (Lipinski definition) is 3. The van der Waals surface area contributed by atoms with Gasteiger partial charge in [0.2, 0.25) is 0 Å². The molecule has 1 fully saturated rings. The molecule has 0 atom stereocenters. The van der Waals surface area contributed by atoms with Crippen LogP contribution in [0.25, 0.3) is 0 Å². The number of carbonyl (C=O) groups is 1. The van der Waals surface area contributed by atoms with E-state index in [2.05, 4.69) is 25.1 Å². The summed E-state index contributed by atoms with van der Waals surface area (Å²) in [5.41, 5.74) is -0.0541. The molecule has 1 aliphatic heterocycles. The van der Waals surface area contributed by atoms with Crippen molar-refractivity contribution in [2.45, 2.75) is 25.7 Å². The first-order valence-electron chi connectivity index (χ1n) is 6.59. The molecule has 3 N–H and O–H groups in total. The van der Waals surface area contributed by atoms with E-state index in [0.717, 1.165) is 24.5 Å². The number of imidazole rings is 1. The van der Waals surface area contributed by atoms with Crippen LogP contribution in [0.3, 0.4) is 0 Å². The molecule has 0 unspecified atom stereocenters. The van der Waals surface area contributed by atoms with E-state index in [1.165, 1.54) is 6.20 Å². The van der Waals surface area contributed by atoms with Gasteiger partial charge in [0.05, 0.1) is 0 Å². The summed E-state index contributed by atoms with van der Waals surface area (Å²) >= 11 is 0. The van der Waals surface area contributed by atoms with Crippen LogP contribution in [-0.4, -0.2) is 49.0 Å². The lowest BCUT2D eigenvalue weighted by atomic mass is 9.96. The number of piperidine rings is 1. The number of aryl methyl sites for hydroxylation is 1. The first-order chi connectivity index (χ1) is 9.63. The van der Waals surface area contributed by atoms with Gasteiger partial charge in [-0.05, 0) is 19.8 Å². The van der Waals surface area contributed by atoms with Gasteiger partial charge in [0.1, 0.15) is 11.5 Å². The number of amides is 1. The minimum atomic E-state index is -0.362. The zero-order valence-corrected chi connectivity index (χ0v) is 11.1. The van der Waals surface area contributed by atoms with Crippen LogP contribution in [0.15, 0.2) is 11.0 Å². The standard InChI is InChI=1S/C12H16N6O2/c1-7-14-10(17-16-7)8-2-4-18(5-3-8)11(19)9-6-13-12(20)15-9/h6,8H,2-5H2,1H3,(H2,13,15,20)(H,14,16,17). The number of nitrogens with zero attached hydrogens (tertiary/aromatic N) is 3. The summed E-state index contributed by atoms with van der Waals surface area (Å²) in [6.07, 6.45) is 3.07. The van der Waals surface area contributed by atoms with E-state index < -0.39 is 0 Å². The van der Waals surface area contributed by atoms with Gasteiger partial charge >= 0.3 is 5.69 Å². The molecule has 0 saturated carbocycles. The van der Waals surface area contributed by atoms with Gasteiger partial charge in [-0.15, -0.1) is 0 Å². The molecule has 20 heavy (non-hydrogen) atoms. The van der Waals surface area contributed by atoms with E-state index in [4.69, 9.17) is 0 Å². The molecule has 8 nitrogen and oxygen atoms in total. The topological polar surface area (TPSA) is 111 Å². The maximum atomic E-state index is 12.2. The van der Waals surface area contributed by atoms with Gasteiger partial charge in [0.15, 0.2) is 5.82 Å². The van der Waals surface area contributed by atoms with Crippen molar-refractivity contribution in [3.63, 3.8) is 0 Å². The molecule has 0 aliphatic carbocycles. The van der Waals surface area contributed by atoms with Crippen LogP contribution >= 0.6 is 0 Å². The fourth-order valence-corrected chi connectivity index (χ4v) is 2.50. The third kappa shape index (κ3) is 2.36. The molecular weight excluding hydrogens is 260 g/mol. The van der Waals surface area contributed by atoms with Gasteiger partial charge in [0, 0.05) is 25.2 Å². The van der Waals surface area contributed by atoms with E-state index in [1.54, 1.807) is 4.90 Å². The van der Waals surface area contributed by atoms with Crippen LogP contribution in [0.4, 0.5) is 0 Å². The number of nitrogens with one attached hydrogen (secondary N) is 3. The van der Waals surface area contributed by atoms with Crippen LogP contribution in [-0.2, 0) is 0 Å². The van der Waals surface area contributed by atoms with Crippen molar-refractivity contribution in [2.24, 2.45) is 0 Å². The number of hydrogen-bond acceptors (Lipinski definition) is 4. The summed E-state index contributed by atoms with van der Waals surface area (Å²) in [7, 11) is 0. The summed E-state index contributed by atoms with van der Waals surface area (Å²) in [6, 6.07) is 0. The van der Waals surface area contributed by atoms with E-state index in [9.17, 15) is 9.59 Å². The third-order valence-electron chi connectivity index (χ3n) is 3.59. The molecule has 0 bridgehead atoms. The zero-order valence-electron chi connectivity index (χ0n) is 11.1. The minimum absolute atomic E-state index is 0.145. The Bertz CT molecular complexity index is 661. The van der Waals surface area contributed by atoms with Crippen molar-refractivity contribution in [3.8, 4) is 0 Å². The number of H-pyrrole nitrogens is 3. The fraction of sp³-hybridized carbons (Fsp3) is 0.500. The van der Waals surface area contributed by atoms with Crippen molar-refractivity contribution < 1.29 is 4.79 Å². The SMILES string of the molecule is Cc1nc(C2CCN(C(=O)c3c[nH]c(=O)[nH]3)CC2)n[nH]1. The second-order valence-electron chi connectivity index (χ2n) is 5.00. The van der Waals surface area contributed by atoms with Gasteiger partial charge < -0.3 is 14.9 Å². The Morgan fingerprint density at radius 2 is 2.15 bits per heavy atom. The highest BCUT2D eigenvalue weighted by Crippen LogP contribution is 2.25. The van der Waals surface area contributed by atoms with Crippen LogP contribution in [0.1, 0.15) is 40.9 Å². The molecule has 3 rings (SSSR count). The molecule has 2 aromatic rings. The predicted molar refractivity (Wildman–Crippen MR) is 70.4 cm³/mol. The monoisotopic (exact) mass is 276 g/mol. The average Bonchev–Trinajstić information content (AvgIpc) is 3.07. The Hall–Kier alpha value is -2.38. The molecule has 2 aromatic heterocycles. The maximum Gasteiger partial charge on any atom is 0.323 e. The van der Waals surface area contributed by atoms with Gasteiger partial charge in [0.25, 0.3) is 5.91 Å². The molecular formula is C12H16N6O2. The van der Waals surface area contributed by atoms with Crippen molar-refractivity contribution >= 4 is 5.91 Å². The second-order valence-corrected chi connectivity index (χ2v) is 5.00. The molecule has 1 amide bonds. The summed E-state index contributed by atoms with van der Waals surface area (Å²) < 4.78 is 0. The number of rotatable bonds is 2. The highest BCUT2D eigenvalue weighted by atomic mass is 16.2. The Labute approximate surface area is 114 Å². The molecule has 8 heteroatoms. The molecule has 1 saturated heterocycles. The summed E-state index contributed by atoms with van der Waals surface area (Å²) in [6.45, 7) is 3.16. The summed E-state index contributed by atoms with van der Waals surface area (Å²) in [5, 5.41) is 7.02. The van der Waals surface area contributed by atoms with E-state index in [0.29, 0.717) is 18.8 Å². The smallest absolute Gasteiger partial charge is 0.323 e. The highest BCUT2D eigenvalue weighted by Gasteiger charge is 2.27. The second kappa shape index (κ2) is 4.95. The van der Waals surface area contributed by atoms with Gasteiger partial charge in [-0.25, -0.2) is 9.78 Å².